The van der Waals surface area contributed by atoms with Gasteiger partial charge in [0.2, 0.25) is 0 Å². The van der Waals surface area contributed by atoms with Crippen LogP contribution in [0.15, 0.2) is 0 Å². The lowest BCUT2D eigenvalue weighted by Gasteiger charge is -2.36. The van der Waals surface area contributed by atoms with E-state index >= 15 is 0 Å². The van der Waals surface area contributed by atoms with Crippen LogP contribution >= 0.6 is 31.9 Å². The molecule has 1 aliphatic heterocycles. The number of hydrogen-bond acceptors (Lipinski definition) is 2. The van der Waals surface area contributed by atoms with Gasteiger partial charge in [-0.2, -0.15) is 0 Å². The summed E-state index contributed by atoms with van der Waals surface area (Å²) in [5.74, 6) is -0.252. The molecule has 0 radical (unpaired) electrons. The molecule has 0 bridgehead atoms. The Bertz CT molecular complexity index is 191. The van der Waals surface area contributed by atoms with Crippen molar-refractivity contribution in [1.29, 1.82) is 0 Å². The van der Waals surface area contributed by atoms with Crippen LogP contribution in [0, 0.1) is 0 Å². The minimum absolute atomic E-state index is 0.126. The Morgan fingerprint density at radius 2 is 1.14 bits per heavy atom. The number of piperazine rings is 1. The fourth-order valence-electron chi connectivity index (χ4n) is 0.891. The van der Waals surface area contributed by atoms with E-state index in [2.05, 4.69) is 31.9 Å². The van der Waals surface area contributed by atoms with Crippen molar-refractivity contribution in [1.82, 2.24) is 9.80 Å². The fourth-order valence-corrected chi connectivity index (χ4v) is 1.94. The summed E-state index contributed by atoms with van der Waals surface area (Å²) in [5.41, 5.74) is 0. The van der Waals surface area contributed by atoms with Crippen LogP contribution < -0.4 is 0 Å². The van der Waals surface area contributed by atoms with Crippen LogP contribution in [0.3, 0.4) is 0 Å². The van der Waals surface area contributed by atoms with Gasteiger partial charge < -0.3 is 9.80 Å². The Balaban J connectivity index is 0.000000791. The van der Waals surface area contributed by atoms with Crippen LogP contribution in [0.2, 0.25) is 0 Å². The summed E-state index contributed by atoms with van der Waals surface area (Å²) >= 11 is 6.24. The number of carbonyl (C=O) groups excluding carboxylic acids is 2. The van der Waals surface area contributed by atoms with Crippen molar-refractivity contribution in [2.75, 3.05) is 14.1 Å². The zero-order chi connectivity index (χ0) is 11.5. The van der Waals surface area contributed by atoms with Crippen LogP contribution in [0.1, 0.15) is 13.8 Å². The van der Waals surface area contributed by atoms with Crippen molar-refractivity contribution in [2.24, 2.45) is 0 Å². The molecule has 1 fully saturated rings. The Labute approximate surface area is 101 Å². The molecule has 2 unspecified atom stereocenters. The van der Waals surface area contributed by atoms with E-state index in [1.54, 1.807) is 14.1 Å². The van der Waals surface area contributed by atoms with Crippen LogP contribution in [0.25, 0.3) is 0 Å². The second kappa shape index (κ2) is 5.70. The molecule has 0 saturated carbocycles. The topological polar surface area (TPSA) is 40.6 Å². The van der Waals surface area contributed by atoms with Crippen molar-refractivity contribution >= 4 is 43.7 Å². The molecule has 2 amide bonds. The van der Waals surface area contributed by atoms with Crippen molar-refractivity contribution in [3.8, 4) is 0 Å². The molecule has 1 heterocycles. The van der Waals surface area contributed by atoms with Gasteiger partial charge in [0.1, 0.15) is 0 Å². The third kappa shape index (κ3) is 2.48. The summed E-state index contributed by atoms with van der Waals surface area (Å²) in [6.07, 6.45) is 0. The first-order chi connectivity index (χ1) is 6.46. The highest BCUT2D eigenvalue weighted by atomic mass is 79.9. The molecule has 0 aromatic carbocycles. The number of alkyl halides is 2. The summed E-state index contributed by atoms with van der Waals surface area (Å²) in [6, 6.07) is 0. The number of hydrogen-bond donors (Lipinski definition) is 0. The first-order valence-corrected chi connectivity index (χ1v) is 6.11. The largest absolute Gasteiger partial charge is 0.322 e. The van der Waals surface area contributed by atoms with E-state index in [-0.39, 0.29) is 11.8 Å². The lowest BCUT2D eigenvalue weighted by molar-refractivity contribution is -0.150. The van der Waals surface area contributed by atoms with Gasteiger partial charge in [-0.25, -0.2) is 0 Å². The SMILES string of the molecule is CC.CN1C(=O)C(Br)N(C)C(=O)C1Br. The molecule has 82 valence electrons. The molecule has 6 heteroatoms. The maximum Gasteiger partial charge on any atom is 0.257 e. The minimum atomic E-state index is -0.538. The van der Waals surface area contributed by atoms with Gasteiger partial charge in [0.05, 0.1) is 0 Å². The van der Waals surface area contributed by atoms with Gasteiger partial charge in [0.15, 0.2) is 9.90 Å². The van der Waals surface area contributed by atoms with Crippen molar-refractivity contribution in [3.63, 3.8) is 0 Å². The molecule has 1 aliphatic rings. The Morgan fingerprint density at radius 3 is 1.36 bits per heavy atom. The zero-order valence-electron chi connectivity index (χ0n) is 8.62. The molecule has 0 spiro atoms. The first-order valence-electron chi connectivity index (χ1n) is 4.28. The van der Waals surface area contributed by atoms with E-state index in [4.69, 9.17) is 0 Å². The van der Waals surface area contributed by atoms with Gasteiger partial charge in [0, 0.05) is 14.1 Å². The number of nitrogens with zero attached hydrogens (tertiary/aromatic N) is 2. The second-order valence-electron chi connectivity index (χ2n) is 2.57. The Hall–Kier alpha value is -0.100. The molecule has 2 atom stereocenters. The third-order valence-electron chi connectivity index (χ3n) is 1.78. The van der Waals surface area contributed by atoms with Crippen molar-refractivity contribution in [2.45, 2.75) is 23.7 Å². The van der Waals surface area contributed by atoms with Gasteiger partial charge in [-0.05, 0) is 0 Å². The first kappa shape index (κ1) is 13.9. The maximum absolute atomic E-state index is 11.3. The number of likely N-dealkylation sites (N-methyl/N-ethyl adjacent to an activating group) is 2. The zero-order valence-corrected chi connectivity index (χ0v) is 11.8. The van der Waals surface area contributed by atoms with Gasteiger partial charge in [-0.3, -0.25) is 9.59 Å². The minimum Gasteiger partial charge on any atom is -0.322 e. The monoisotopic (exact) mass is 328 g/mol. The van der Waals surface area contributed by atoms with E-state index in [1.807, 2.05) is 13.8 Å². The number of amides is 2. The maximum atomic E-state index is 11.3. The van der Waals surface area contributed by atoms with E-state index in [1.165, 1.54) is 9.80 Å². The highest BCUT2D eigenvalue weighted by Crippen LogP contribution is 2.21. The van der Waals surface area contributed by atoms with Gasteiger partial charge >= 0.3 is 0 Å². The highest BCUT2D eigenvalue weighted by Gasteiger charge is 2.39. The predicted molar refractivity (Wildman–Crippen MR) is 62.3 cm³/mol. The van der Waals surface area contributed by atoms with Crippen LogP contribution in [0.4, 0.5) is 0 Å². The standard InChI is InChI=1S/C6H8Br2N2O2.C2H6/c1-9-3(7)6(12)10(2)4(8)5(9)11;1-2/h3-4H,1-2H3;1-2H3. The summed E-state index contributed by atoms with van der Waals surface area (Å²) in [6.45, 7) is 4.00. The van der Waals surface area contributed by atoms with Crippen LogP contribution in [-0.4, -0.2) is 45.6 Å². The average molecular weight is 330 g/mol. The number of rotatable bonds is 0. The van der Waals surface area contributed by atoms with Crippen molar-refractivity contribution in [3.05, 3.63) is 0 Å². The van der Waals surface area contributed by atoms with Gasteiger partial charge in [-0.15, -0.1) is 0 Å². The van der Waals surface area contributed by atoms with E-state index < -0.39 is 9.90 Å². The molecule has 14 heavy (non-hydrogen) atoms. The average Bonchev–Trinajstić information content (AvgIpc) is 2.24. The Kier molecular flexibility index (Phi) is 5.66. The summed E-state index contributed by atoms with van der Waals surface area (Å²) in [5, 5.41) is 0. The molecule has 4 nitrogen and oxygen atoms in total. The summed E-state index contributed by atoms with van der Waals surface area (Å²) in [4.78, 5) is 24.3. The molecule has 0 aromatic rings. The molecule has 1 saturated heterocycles. The smallest absolute Gasteiger partial charge is 0.257 e. The van der Waals surface area contributed by atoms with E-state index in [0.29, 0.717) is 0 Å². The third-order valence-corrected chi connectivity index (χ3v) is 3.79. The second-order valence-corrected chi connectivity index (χ2v) is 4.30. The molecule has 0 aromatic heterocycles. The quantitative estimate of drug-likeness (QED) is 0.497. The Morgan fingerprint density at radius 1 is 0.929 bits per heavy atom. The van der Waals surface area contributed by atoms with E-state index in [0.717, 1.165) is 0 Å². The lowest BCUT2D eigenvalue weighted by Crippen LogP contribution is -2.58. The van der Waals surface area contributed by atoms with Crippen LogP contribution in [-0.2, 0) is 9.59 Å². The highest BCUT2D eigenvalue weighted by molar-refractivity contribution is 9.10. The summed E-state index contributed by atoms with van der Waals surface area (Å²) in [7, 11) is 3.17. The molecular formula is C8H14Br2N2O2. The van der Waals surface area contributed by atoms with Gasteiger partial charge in [0.25, 0.3) is 11.8 Å². The summed E-state index contributed by atoms with van der Waals surface area (Å²) < 4.78 is 0. The van der Waals surface area contributed by atoms with Crippen molar-refractivity contribution < 1.29 is 9.59 Å². The van der Waals surface area contributed by atoms with E-state index in [9.17, 15) is 9.59 Å². The molecule has 1 rings (SSSR count). The number of carbonyl (C=O) groups is 2. The van der Waals surface area contributed by atoms with Crippen LogP contribution in [0.5, 0.6) is 0 Å². The molecule has 0 N–H and O–H groups in total. The predicted octanol–water partition coefficient (Wildman–Crippen LogP) is 1.39. The molecular weight excluding hydrogens is 316 g/mol. The number of halogens is 2. The normalized spacial score (nSPS) is 27.3. The fraction of sp³-hybridized carbons (Fsp3) is 0.750. The lowest BCUT2D eigenvalue weighted by atomic mass is 10.3. The molecule has 0 aliphatic carbocycles. The van der Waals surface area contributed by atoms with Gasteiger partial charge in [-0.1, -0.05) is 45.7 Å².